The second kappa shape index (κ2) is 5.39. The maximum absolute atomic E-state index is 10.1. The van der Waals surface area contributed by atoms with Crippen LogP contribution in [-0.2, 0) is 4.74 Å². The van der Waals surface area contributed by atoms with Gasteiger partial charge in [0.05, 0.1) is 18.5 Å². The molecule has 3 heterocycles. The third-order valence-corrected chi connectivity index (χ3v) is 3.75. The zero-order valence-corrected chi connectivity index (χ0v) is 11.9. The van der Waals surface area contributed by atoms with Crippen LogP contribution in [-0.4, -0.2) is 61.8 Å². The Morgan fingerprint density at radius 3 is 2.81 bits per heavy atom. The van der Waals surface area contributed by atoms with Crippen molar-refractivity contribution in [3.05, 3.63) is 17.5 Å². The summed E-state index contributed by atoms with van der Waals surface area (Å²) in [6, 6.07) is 1.60. The average molecular weight is 315 g/mol. The molecule has 1 fully saturated rings. The standard InChI is InChI=1S/C12H15ClN4O4/c1-14-11-8-5(2-7(13)16-11)17(4-15-8)12-10(20)9(19)6(3-18)21-12/h2,4,6,9-10,12,18-20H,3H2,1H3,(H,14,16). The molecule has 114 valence electrons. The molecule has 0 aromatic carbocycles. The number of nitrogens with one attached hydrogen (secondary N) is 1. The van der Waals surface area contributed by atoms with Crippen LogP contribution in [0.2, 0.25) is 5.15 Å². The van der Waals surface area contributed by atoms with Crippen LogP contribution in [0.1, 0.15) is 6.23 Å². The van der Waals surface area contributed by atoms with E-state index in [0.717, 1.165) is 0 Å². The van der Waals surface area contributed by atoms with E-state index in [2.05, 4.69) is 15.3 Å². The lowest BCUT2D eigenvalue weighted by molar-refractivity contribution is -0.0508. The van der Waals surface area contributed by atoms with Crippen LogP contribution in [0.15, 0.2) is 12.4 Å². The molecule has 9 heteroatoms. The molecule has 0 amide bonds. The number of hydrogen-bond acceptors (Lipinski definition) is 7. The number of ether oxygens (including phenoxy) is 1. The fraction of sp³-hybridized carbons (Fsp3) is 0.500. The highest BCUT2D eigenvalue weighted by molar-refractivity contribution is 6.30. The van der Waals surface area contributed by atoms with Crippen molar-refractivity contribution in [3.8, 4) is 0 Å². The van der Waals surface area contributed by atoms with Crippen LogP contribution < -0.4 is 5.32 Å². The van der Waals surface area contributed by atoms with E-state index in [-0.39, 0.29) is 11.8 Å². The normalized spacial score (nSPS) is 29.2. The van der Waals surface area contributed by atoms with Gasteiger partial charge in [-0.15, -0.1) is 0 Å². The second-order valence-electron chi connectivity index (χ2n) is 4.79. The van der Waals surface area contributed by atoms with Gasteiger partial charge in [-0.2, -0.15) is 0 Å². The summed E-state index contributed by atoms with van der Waals surface area (Å²) in [6.45, 7) is -0.383. The number of halogens is 1. The van der Waals surface area contributed by atoms with Gasteiger partial charge in [-0.3, -0.25) is 0 Å². The van der Waals surface area contributed by atoms with Crippen LogP contribution in [0.5, 0.6) is 0 Å². The van der Waals surface area contributed by atoms with Gasteiger partial charge in [-0.05, 0) is 0 Å². The number of anilines is 1. The van der Waals surface area contributed by atoms with Gasteiger partial charge in [0.25, 0.3) is 0 Å². The van der Waals surface area contributed by atoms with Gasteiger partial charge in [-0.25, -0.2) is 9.97 Å². The Hall–Kier alpha value is -1.45. The van der Waals surface area contributed by atoms with Crippen molar-refractivity contribution in [2.75, 3.05) is 19.0 Å². The third-order valence-electron chi connectivity index (χ3n) is 3.56. The topological polar surface area (TPSA) is 113 Å². The lowest BCUT2D eigenvalue weighted by Crippen LogP contribution is -2.33. The van der Waals surface area contributed by atoms with E-state index >= 15 is 0 Å². The van der Waals surface area contributed by atoms with E-state index in [1.54, 1.807) is 17.7 Å². The molecule has 1 aliphatic heterocycles. The molecule has 1 saturated heterocycles. The summed E-state index contributed by atoms with van der Waals surface area (Å²) in [7, 11) is 1.70. The molecule has 0 aliphatic carbocycles. The Labute approximate surface area is 125 Å². The van der Waals surface area contributed by atoms with E-state index in [4.69, 9.17) is 21.4 Å². The number of aliphatic hydroxyl groups is 3. The fourth-order valence-electron chi connectivity index (χ4n) is 2.49. The van der Waals surface area contributed by atoms with Gasteiger partial charge in [0, 0.05) is 13.1 Å². The van der Waals surface area contributed by atoms with E-state index < -0.39 is 24.5 Å². The molecular weight excluding hydrogens is 300 g/mol. The second-order valence-corrected chi connectivity index (χ2v) is 5.18. The highest BCUT2D eigenvalue weighted by Crippen LogP contribution is 2.33. The maximum Gasteiger partial charge on any atom is 0.164 e. The van der Waals surface area contributed by atoms with E-state index in [1.165, 1.54) is 6.33 Å². The highest BCUT2D eigenvalue weighted by Gasteiger charge is 2.43. The fourth-order valence-corrected chi connectivity index (χ4v) is 2.68. The first-order chi connectivity index (χ1) is 10.1. The van der Waals surface area contributed by atoms with Gasteiger partial charge in [0.2, 0.25) is 0 Å². The Kier molecular flexibility index (Phi) is 3.72. The van der Waals surface area contributed by atoms with Gasteiger partial charge in [0.15, 0.2) is 12.0 Å². The van der Waals surface area contributed by atoms with Crippen LogP contribution in [0.25, 0.3) is 11.0 Å². The molecule has 0 spiro atoms. The third kappa shape index (κ3) is 2.25. The van der Waals surface area contributed by atoms with Crippen molar-refractivity contribution >= 4 is 28.5 Å². The van der Waals surface area contributed by atoms with Crippen LogP contribution >= 0.6 is 11.6 Å². The molecule has 2 aromatic rings. The van der Waals surface area contributed by atoms with Crippen molar-refractivity contribution in [1.29, 1.82) is 0 Å². The summed E-state index contributed by atoms with van der Waals surface area (Å²) >= 11 is 5.97. The molecule has 8 nitrogen and oxygen atoms in total. The number of pyridine rings is 1. The van der Waals surface area contributed by atoms with Crippen molar-refractivity contribution in [3.63, 3.8) is 0 Å². The van der Waals surface area contributed by atoms with E-state index in [0.29, 0.717) is 16.9 Å². The quantitative estimate of drug-likeness (QED) is 0.577. The number of fused-ring (bicyclic) bond motifs is 1. The summed E-state index contributed by atoms with van der Waals surface area (Å²) in [4.78, 5) is 8.34. The minimum Gasteiger partial charge on any atom is -0.394 e. The molecule has 4 unspecified atom stereocenters. The zero-order valence-electron chi connectivity index (χ0n) is 11.1. The van der Waals surface area contributed by atoms with Gasteiger partial charge >= 0.3 is 0 Å². The molecular formula is C12H15ClN4O4. The van der Waals surface area contributed by atoms with Crippen LogP contribution in [0, 0.1) is 0 Å². The summed E-state index contributed by atoms with van der Waals surface area (Å²) in [5, 5.41) is 32.2. The van der Waals surface area contributed by atoms with Crippen molar-refractivity contribution in [1.82, 2.24) is 14.5 Å². The van der Waals surface area contributed by atoms with Gasteiger partial charge in [-0.1, -0.05) is 11.6 Å². The summed E-state index contributed by atoms with van der Waals surface area (Å²) in [5.74, 6) is 0.503. The number of aliphatic hydroxyl groups excluding tert-OH is 3. The van der Waals surface area contributed by atoms with Crippen molar-refractivity contribution in [2.45, 2.75) is 24.5 Å². The summed E-state index contributed by atoms with van der Waals surface area (Å²) < 4.78 is 7.05. The number of aromatic nitrogens is 3. The Morgan fingerprint density at radius 2 is 2.19 bits per heavy atom. The van der Waals surface area contributed by atoms with E-state index in [1.807, 2.05) is 0 Å². The molecule has 3 rings (SSSR count). The monoisotopic (exact) mass is 314 g/mol. The molecule has 21 heavy (non-hydrogen) atoms. The summed E-state index contributed by atoms with van der Waals surface area (Å²) in [5.41, 5.74) is 1.17. The Bertz CT molecular complexity index is 664. The lowest BCUT2D eigenvalue weighted by Gasteiger charge is -2.17. The predicted octanol–water partition coefficient (Wildman–Crippen LogP) is -0.262. The Balaban J connectivity index is 2.07. The van der Waals surface area contributed by atoms with Crippen LogP contribution in [0.3, 0.4) is 0 Å². The largest absolute Gasteiger partial charge is 0.394 e. The molecule has 2 aromatic heterocycles. The van der Waals surface area contributed by atoms with Crippen LogP contribution in [0.4, 0.5) is 5.82 Å². The minimum absolute atomic E-state index is 0.264. The molecule has 0 radical (unpaired) electrons. The molecule has 0 bridgehead atoms. The SMILES string of the molecule is CNc1nc(Cl)cc2c1ncn2C1OC(CO)C(O)C1O. The number of hydrogen-bond donors (Lipinski definition) is 4. The average Bonchev–Trinajstić information content (AvgIpc) is 3.01. The predicted molar refractivity (Wildman–Crippen MR) is 75.1 cm³/mol. The first-order valence-electron chi connectivity index (χ1n) is 6.40. The smallest absolute Gasteiger partial charge is 0.164 e. The number of rotatable bonds is 3. The zero-order chi connectivity index (χ0) is 15.1. The minimum atomic E-state index is -1.18. The first kappa shape index (κ1) is 14.5. The van der Waals surface area contributed by atoms with Gasteiger partial charge in [0.1, 0.15) is 29.0 Å². The lowest BCUT2D eigenvalue weighted by atomic mass is 10.1. The van der Waals surface area contributed by atoms with E-state index in [9.17, 15) is 10.2 Å². The number of nitrogens with zero attached hydrogens (tertiary/aromatic N) is 3. The first-order valence-corrected chi connectivity index (χ1v) is 6.78. The Morgan fingerprint density at radius 1 is 1.43 bits per heavy atom. The van der Waals surface area contributed by atoms with Crippen molar-refractivity contribution < 1.29 is 20.1 Å². The molecule has 4 atom stereocenters. The molecule has 0 saturated carbocycles. The number of imidazole rings is 1. The van der Waals surface area contributed by atoms with Gasteiger partial charge < -0.3 is 29.9 Å². The highest BCUT2D eigenvalue weighted by atomic mass is 35.5. The molecule has 1 aliphatic rings. The molecule has 4 N–H and O–H groups in total. The van der Waals surface area contributed by atoms with Crippen molar-refractivity contribution in [2.24, 2.45) is 0 Å². The summed E-state index contributed by atoms with van der Waals surface area (Å²) in [6.07, 6.45) is -2.57. The maximum atomic E-state index is 10.1.